The topological polar surface area (TPSA) is 59.1 Å². The maximum atomic E-state index is 12.4. The number of sulfone groups is 1. The normalized spacial score (nSPS) is 11.6. The van der Waals surface area contributed by atoms with Crippen molar-refractivity contribution in [3.8, 4) is 0 Å². The monoisotopic (exact) mass is 312 g/mol. The van der Waals surface area contributed by atoms with Gasteiger partial charge in [0, 0.05) is 24.6 Å². The molecular formula is C14H14F2N2O2S. The van der Waals surface area contributed by atoms with E-state index in [1.807, 2.05) is 13.0 Å². The van der Waals surface area contributed by atoms with E-state index in [-0.39, 0.29) is 4.90 Å². The molecule has 0 atom stereocenters. The number of aromatic nitrogens is 1. The number of hydrogen-bond acceptors (Lipinski definition) is 4. The van der Waals surface area contributed by atoms with Crippen molar-refractivity contribution < 1.29 is 17.2 Å². The summed E-state index contributed by atoms with van der Waals surface area (Å²) in [6, 6.07) is 7.14. The fourth-order valence-electron chi connectivity index (χ4n) is 1.76. The molecule has 1 heterocycles. The van der Waals surface area contributed by atoms with E-state index in [1.165, 1.54) is 24.3 Å². The predicted molar refractivity (Wildman–Crippen MR) is 75.9 cm³/mol. The molecule has 1 aromatic carbocycles. The lowest BCUT2D eigenvalue weighted by Gasteiger charge is -2.09. The highest BCUT2D eigenvalue weighted by Crippen LogP contribution is 2.20. The molecule has 2 rings (SSSR count). The van der Waals surface area contributed by atoms with Crippen molar-refractivity contribution in [1.29, 1.82) is 0 Å². The molecule has 0 unspecified atom stereocenters. The van der Waals surface area contributed by atoms with Crippen LogP contribution >= 0.6 is 0 Å². The van der Waals surface area contributed by atoms with Crippen LogP contribution in [-0.2, 0) is 16.4 Å². The van der Waals surface area contributed by atoms with Gasteiger partial charge in [-0.3, -0.25) is 4.98 Å². The summed E-state index contributed by atoms with van der Waals surface area (Å²) in [5.41, 5.74) is 2.73. The summed E-state index contributed by atoms with van der Waals surface area (Å²) in [4.78, 5) is 3.60. The first kappa shape index (κ1) is 15.4. The molecule has 0 saturated carbocycles. The summed E-state index contributed by atoms with van der Waals surface area (Å²) in [7, 11) is -4.54. The number of benzene rings is 1. The van der Waals surface area contributed by atoms with Crippen LogP contribution in [-0.4, -0.2) is 19.2 Å². The molecular weight excluding hydrogens is 298 g/mol. The van der Waals surface area contributed by atoms with E-state index in [0.29, 0.717) is 12.2 Å². The van der Waals surface area contributed by atoms with E-state index in [2.05, 4.69) is 10.3 Å². The average molecular weight is 312 g/mol. The predicted octanol–water partition coefficient (Wildman–Crippen LogP) is 3.00. The Bertz CT molecular complexity index is 716. The van der Waals surface area contributed by atoms with Gasteiger partial charge < -0.3 is 5.32 Å². The van der Waals surface area contributed by atoms with Crippen molar-refractivity contribution in [2.75, 3.05) is 5.32 Å². The van der Waals surface area contributed by atoms with E-state index in [4.69, 9.17) is 0 Å². The van der Waals surface area contributed by atoms with Crippen molar-refractivity contribution in [1.82, 2.24) is 4.98 Å². The summed E-state index contributed by atoms with van der Waals surface area (Å²) >= 11 is 0. The Balaban J connectivity index is 2.09. The maximum Gasteiger partial charge on any atom is 0.341 e. The van der Waals surface area contributed by atoms with Crippen LogP contribution in [0.2, 0.25) is 0 Å². The van der Waals surface area contributed by atoms with Gasteiger partial charge in [-0.2, -0.15) is 8.78 Å². The van der Waals surface area contributed by atoms with Crippen LogP contribution in [0.1, 0.15) is 11.1 Å². The summed E-state index contributed by atoms with van der Waals surface area (Å²) in [6.07, 6.45) is 3.43. The first-order valence-electron chi connectivity index (χ1n) is 6.17. The van der Waals surface area contributed by atoms with Crippen LogP contribution in [0.25, 0.3) is 0 Å². The van der Waals surface area contributed by atoms with Gasteiger partial charge in [0.1, 0.15) is 0 Å². The highest BCUT2D eigenvalue weighted by Gasteiger charge is 2.26. The van der Waals surface area contributed by atoms with Crippen molar-refractivity contribution in [2.45, 2.75) is 24.1 Å². The van der Waals surface area contributed by atoms with Gasteiger partial charge in [-0.15, -0.1) is 0 Å². The van der Waals surface area contributed by atoms with Crippen LogP contribution in [0.5, 0.6) is 0 Å². The van der Waals surface area contributed by atoms with Crippen LogP contribution in [0.3, 0.4) is 0 Å². The van der Waals surface area contributed by atoms with E-state index in [1.54, 1.807) is 12.4 Å². The summed E-state index contributed by atoms with van der Waals surface area (Å²) < 4.78 is 47.4. The van der Waals surface area contributed by atoms with E-state index < -0.39 is 15.6 Å². The SMILES string of the molecule is Cc1cnccc1CNc1ccc(S(=O)(=O)C(F)F)cc1. The fraction of sp³-hybridized carbons (Fsp3) is 0.214. The number of nitrogens with one attached hydrogen (secondary N) is 1. The Morgan fingerprint density at radius 2 is 1.86 bits per heavy atom. The lowest BCUT2D eigenvalue weighted by atomic mass is 10.1. The number of nitrogens with zero attached hydrogens (tertiary/aromatic N) is 1. The Morgan fingerprint density at radius 1 is 1.19 bits per heavy atom. The van der Waals surface area contributed by atoms with Gasteiger partial charge in [0.05, 0.1) is 4.90 Å². The second-order valence-corrected chi connectivity index (χ2v) is 6.40. The van der Waals surface area contributed by atoms with E-state index in [0.717, 1.165) is 11.1 Å². The smallest absolute Gasteiger partial charge is 0.341 e. The van der Waals surface area contributed by atoms with E-state index >= 15 is 0 Å². The molecule has 2 aromatic rings. The fourth-order valence-corrected chi connectivity index (χ4v) is 2.48. The van der Waals surface area contributed by atoms with E-state index in [9.17, 15) is 17.2 Å². The number of alkyl halides is 2. The summed E-state index contributed by atoms with van der Waals surface area (Å²) in [5.74, 6) is -3.41. The van der Waals surface area contributed by atoms with Gasteiger partial charge in [-0.1, -0.05) is 0 Å². The molecule has 0 radical (unpaired) electrons. The largest absolute Gasteiger partial charge is 0.381 e. The molecule has 0 spiro atoms. The molecule has 0 bridgehead atoms. The van der Waals surface area contributed by atoms with Crippen molar-refractivity contribution >= 4 is 15.5 Å². The second-order valence-electron chi connectivity index (χ2n) is 4.49. The minimum Gasteiger partial charge on any atom is -0.381 e. The minimum absolute atomic E-state index is 0.386. The highest BCUT2D eigenvalue weighted by molar-refractivity contribution is 7.91. The molecule has 1 aromatic heterocycles. The lowest BCUT2D eigenvalue weighted by Crippen LogP contribution is -2.11. The molecule has 112 valence electrons. The maximum absolute atomic E-state index is 12.4. The van der Waals surface area contributed by atoms with Gasteiger partial charge >= 0.3 is 5.76 Å². The van der Waals surface area contributed by atoms with Gasteiger partial charge in [0.25, 0.3) is 0 Å². The first-order valence-corrected chi connectivity index (χ1v) is 7.71. The number of aryl methyl sites for hydroxylation is 1. The van der Waals surface area contributed by atoms with Crippen LogP contribution in [0, 0.1) is 6.92 Å². The Labute approximate surface area is 121 Å². The zero-order valence-corrected chi connectivity index (χ0v) is 12.1. The van der Waals surface area contributed by atoms with Crippen molar-refractivity contribution in [3.63, 3.8) is 0 Å². The van der Waals surface area contributed by atoms with Crippen LogP contribution in [0.4, 0.5) is 14.5 Å². The number of hydrogen-bond donors (Lipinski definition) is 1. The lowest BCUT2D eigenvalue weighted by molar-refractivity contribution is 0.234. The standard InChI is InChI=1S/C14H14F2N2O2S/c1-10-8-17-7-6-11(10)9-18-12-2-4-13(5-3-12)21(19,20)14(15)16/h2-8,14,18H,9H2,1H3. The van der Waals surface area contributed by atoms with Gasteiger partial charge in [-0.05, 0) is 48.4 Å². The molecule has 0 aliphatic carbocycles. The molecule has 7 heteroatoms. The Kier molecular flexibility index (Phi) is 4.52. The molecule has 0 amide bonds. The quantitative estimate of drug-likeness (QED) is 0.922. The third-order valence-electron chi connectivity index (χ3n) is 3.04. The number of anilines is 1. The molecule has 4 nitrogen and oxygen atoms in total. The third-order valence-corrected chi connectivity index (χ3v) is 4.44. The Hall–Kier alpha value is -2.02. The molecule has 0 saturated heterocycles. The summed E-state index contributed by atoms with van der Waals surface area (Å²) in [6.45, 7) is 2.47. The van der Waals surface area contributed by atoms with Gasteiger partial charge in [0.2, 0.25) is 9.84 Å². The average Bonchev–Trinajstić information content (AvgIpc) is 2.46. The first-order chi connectivity index (χ1) is 9.91. The highest BCUT2D eigenvalue weighted by atomic mass is 32.2. The van der Waals surface area contributed by atoms with Crippen molar-refractivity contribution in [2.24, 2.45) is 0 Å². The van der Waals surface area contributed by atoms with Crippen molar-refractivity contribution in [3.05, 3.63) is 53.9 Å². The van der Waals surface area contributed by atoms with Crippen LogP contribution in [0.15, 0.2) is 47.6 Å². The second kappa shape index (κ2) is 6.17. The Morgan fingerprint density at radius 3 is 2.43 bits per heavy atom. The molecule has 1 N–H and O–H groups in total. The zero-order valence-electron chi connectivity index (χ0n) is 11.3. The van der Waals surface area contributed by atoms with Crippen LogP contribution < -0.4 is 5.32 Å². The molecule has 21 heavy (non-hydrogen) atoms. The number of pyridine rings is 1. The molecule has 0 fully saturated rings. The van der Waals surface area contributed by atoms with Gasteiger partial charge in [0.15, 0.2) is 0 Å². The molecule has 0 aliphatic rings. The number of halogens is 2. The molecule has 0 aliphatic heterocycles. The summed E-state index contributed by atoms with van der Waals surface area (Å²) in [5, 5.41) is 3.10. The third kappa shape index (κ3) is 3.55. The van der Waals surface area contributed by atoms with Gasteiger partial charge in [-0.25, -0.2) is 8.42 Å². The number of rotatable bonds is 5. The minimum atomic E-state index is -4.54. The zero-order chi connectivity index (χ0) is 15.5.